The van der Waals surface area contributed by atoms with Crippen molar-refractivity contribution in [1.82, 2.24) is 5.32 Å². The molecule has 1 rings (SSSR count). The first-order valence-corrected chi connectivity index (χ1v) is 8.11. The number of methoxy groups -OCH3 is 1. The van der Waals surface area contributed by atoms with Crippen molar-refractivity contribution in [2.75, 3.05) is 13.7 Å². The fraction of sp³-hybridized carbons (Fsp3) is 0.588. The molecule has 0 aliphatic heterocycles. The molecule has 1 aromatic rings. The van der Waals surface area contributed by atoms with Gasteiger partial charge in [-0.1, -0.05) is 37.6 Å². The number of carbonyl (C=O) groups is 1. The summed E-state index contributed by atoms with van der Waals surface area (Å²) in [5.41, 5.74) is 6.31. The molecule has 0 spiro atoms. The monoisotopic (exact) mass is 326 g/mol. The maximum absolute atomic E-state index is 12.6. The van der Waals surface area contributed by atoms with E-state index >= 15 is 0 Å². The van der Waals surface area contributed by atoms with Crippen LogP contribution in [0.3, 0.4) is 0 Å². The van der Waals surface area contributed by atoms with Crippen LogP contribution in [0.4, 0.5) is 0 Å². The third-order valence-electron chi connectivity index (χ3n) is 4.49. The van der Waals surface area contributed by atoms with Crippen molar-refractivity contribution in [3.8, 4) is 0 Å². The quantitative estimate of drug-likeness (QED) is 0.770. The predicted octanol–water partition coefficient (Wildman–Crippen LogP) is 3.30. The third-order valence-corrected chi connectivity index (χ3v) is 4.74. The molecule has 22 heavy (non-hydrogen) atoms. The van der Waals surface area contributed by atoms with Crippen LogP contribution in [0.1, 0.15) is 45.3 Å². The molecule has 0 bridgehead atoms. The fourth-order valence-electron chi connectivity index (χ4n) is 2.67. The van der Waals surface area contributed by atoms with Crippen LogP contribution in [0.5, 0.6) is 0 Å². The Labute approximate surface area is 138 Å². The molecule has 0 heterocycles. The number of halogens is 1. The first-order valence-electron chi connectivity index (χ1n) is 7.73. The average Bonchev–Trinajstić information content (AvgIpc) is 2.52. The van der Waals surface area contributed by atoms with Crippen LogP contribution in [0.25, 0.3) is 0 Å². The number of hydrogen-bond acceptors (Lipinski definition) is 3. The Bertz CT molecular complexity index is 464. The zero-order valence-electron chi connectivity index (χ0n) is 13.9. The fourth-order valence-corrected chi connectivity index (χ4v) is 2.80. The molecule has 3 N–H and O–H groups in total. The smallest absolute Gasteiger partial charge is 0.227 e. The number of rotatable bonds is 8. The molecule has 0 fully saturated rings. The molecule has 5 heteroatoms. The lowest BCUT2D eigenvalue weighted by Gasteiger charge is -2.32. The molecule has 0 radical (unpaired) electrons. The summed E-state index contributed by atoms with van der Waals surface area (Å²) in [5.74, 6) is -0.0106. The molecular weight excluding hydrogens is 300 g/mol. The summed E-state index contributed by atoms with van der Waals surface area (Å²) in [5, 5.41) is 3.74. The zero-order chi connectivity index (χ0) is 16.8. The molecule has 124 valence electrons. The second-order valence-electron chi connectivity index (χ2n) is 5.66. The van der Waals surface area contributed by atoms with E-state index in [1.165, 1.54) is 0 Å². The molecule has 0 aliphatic rings. The van der Waals surface area contributed by atoms with E-state index in [4.69, 9.17) is 22.1 Å². The summed E-state index contributed by atoms with van der Waals surface area (Å²) in [4.78, 5) is 12.6. The Hall–Kier alpha value is -1.10. The SMILES string of the molecule is CCC(CC)(CN)C(=O)NC(C)C(OC)c1ccc(Cl)cc1. The minimum atomic E-state index is -0.507. The van der Waals surface area contributed by atoms with Crippen LogP contribution in [-0.2, 0) is 9.53 Å². The Morgan fingerprint density at radius 1 is 1.32 bits per heavy atom. The van der Waals surface area contributed by atoms with Crippen LogP contribution < -0.4 is 11.1 Å². The van der Waals surface area contributed by atoms with Gasteiger partial charge in [0.05, 0.1) is 11.5 Å². The van der Waals surface area contributed by atoms with Crippen molar-refractivity contribution >= 4 is 17.5 Å². The predicted molar refractivity (Wildman–Crippen MR) is 90.9 cm³/mol. The topological polar surface area (TPSA) is 64.4 Å². The third kappa shape index (κ3) is 4.22. The number of amides is 1. The minimum Gasteiger partial charge on any atom is -0.375 e. The van der Waals surface area contributed by atoms with Gasteiger partial charge in [0.2, 0.25) is 5.91 Å². The summed E-state index contributed by atoms with van der Waals surface area (Å²) in [7, 11) is 1.64. The van der Waals surface area contributed by atoms with Crippen molar-refractivity contribution in [1.29, 1.82) is 0 Å². The van der Waals surface area contributed by atoms with Crippen molar-refractivity contribution in [3.05, 3.63) is 34.9 Å². The standard InChI is InChI=1S/C17H27ClN2O2/c1-5-17(6-2,11-19)16(21)20-12(3)15(22-4)13-7-9-14(18)10-8-13/h7-10,12,15H,5-6,11,19H2,1-4H3,(H,20,21). The van der Waals surface area contributed by atoms with E-state index in [-0.39, 0.29) is 18.1 Å². The number of nitrogens with one attached hydrogen (secondary N) is 1. The lowest BCUT2D eigenvalue weighted by molar-refractivity contribution is -0.132. The Kier molecular flexibility index (Phi) is 7.33. The summed E-state index contributed by atoms with van der Waals surface area (Å²) < 4.78 is 5.56. The average molecular weight is 327 g/mol. The summed E-state index contributed by atoms with van der Waals surface area (Å²) >= 11 is 5.92. The molecule has 2 unspecified atom stereocenters. The first-order chi connectivity index (χ1) is 10.4. The normalized spacial score (nSPS) is 14.5. The molecule has 0 aromatic heterocycles. The molecule has 0 aliphatic carbocycles. The largest absolute Gasteiger partial charge is 0.375 e. The molecule has 1 amide bonds. The van der Waals surface area contributed by atoms with E-state index in [1.807, 2.05) is 45.0 Å². The van der Waals surface area contributed by atoms with Crippen LogP contribution in [-0.4, -0.2) is 25.6 Å². The maximum atomic E-state index is 12.6. The lowest BCUT2D eigenvalue weighted by Crippen LogP contribution is -2.49. The Balaban J connectivity index is 2.87. The van der Waals surface area contributed by atoms with E-state index in [1.54, 1.807) is 7.11 Å². The molecule has 1 aromatic carbocycles. The second kappa shape index (κ2) is 8.51. The minimum absolute atomic E-state index is 0.0106. The summed E-state index contributed by atoms with van der Waals surface area (Å²) in [6.07, 6.45) is 1.21. The van der Waals surface area contributed by atoms with Crippen molar-refractivity contribution in [2.24, 2.45) is 11.1 Å². The van der Waals surface area contributed by atoms with E-state index in [0.717, 1.165) is 18.4 Å². The van der Waals surface area contributed by atoms with Crippen molar-refractivity contribution < 1.29 is 9.53 Å². The van der Waals surface area contributed by atoms with E-state index in [0.29, 0.717) is 11.6 Å². The number of carbonyl (C=O) groups excluding carboxylic acids is 1. The van der Waals surface area contributed by atoms with Gasteiger partial charge in [-0.3, -0.25) is 4.79 Å². The van der Waals surface area contributed by atoms with E-state index in [9.17, 15) is 4.79 Å². The highest BCUT2D eigenvalue weighted by molar-refractivity contribution is 6.30. The number of ether oxygens (including phenoxy) is 1. The summed E-state index contributed by atoms with van der Waals surface area (Å²) in [6, 6.07) is 7.30. The number of hydrogen-bond donors (Lipinski definition) is 2. The lowest BCUT2D eigenvalue weighted by atomic mass is 9.81. The van der Waals surface area contributed by atoms with Crippen molar-refractivity contribution in [2.45, 2.75) is 45.8 Å². The van der Waals surface area contributed by atoms with Crippen LogP contribution in [0.2, 0.25) is 5.02 Å². The van der Waals surface area contributed by atoms with Gasteiger partial charge >= 0.3 is 0 Å². The van der Waals surface area contributed by atoms with Gasteiger partial charge in [0.15, 0.2) is 0 Å². The highest BCUT2D eigenvalue weighted by atomic mass is 35.5. The number of nitrogens with two attached hydrogens (primary N) is 1. The number of benzene rings is 1. The summed E-state index contributed by atoms with van der Waals surface area (Å²) in [6.45, 7) is 6.27. The van der Waals surface area contributed by atoms with Gasteiger partial charge in [-0.15, -0.1) is 0 Å². The van der Waals surface area contributed by atoms with Gasteiger partial charge in [-0.2, -0.15) is 0 Å². The Morgan fingerprint density at radius 3 is 2.27 bits per heavy atom. The van der Waals surface area contributed by atoms with Crippen LogP contribution in [0.15, 0.2) is 24.3 Å². The highest BCUT2D eigenvalue weighted by Gasteiger charge is 2.35. The maximum Gasteiger partial charge on any atom is 0.227 e. The zero-order valence-corrected chi connectivity index (χ0v) is 14.6. The van der Waals surface area contributed by atoms with Crippen LogP contribution in [0, 0.1) is 5.41 Å². The van der Waals surface area contributed by atoms with E-state index < -0.39 is 5.41 Å². The van der Waals surface area contributed by atoms with Gasteiger partial charge in [0, 0.05) is 18.7 Å². The van der Waals surface area contributed by atoms with Gasteiger partial charge < -0.3 is 15.8 Å². The van der Waals surface area contributed by atoms with Crippen LogP contribution >= 0.6 is 11.6 Å². The van der Waals surface area contributed by atoms with E-state index in [2.05, 4.69) is 5.32 Å². The van der Waals surface area contributed by atoms with Gasteiger partial charge in [0.25, 0.3) is 0 Å². The van der Waals surface area contributed by atoms with Crippen molar-refractivity contribution in [3.63, 3.8) is 0 Å². The molecular formula is C17H27ClN2O2. The second-order valence-corrected chi connectivity index (χ2v) is 6.10. The highest BCUT2D eigenvalue weighted by Crippen LogP contribution is 2.27. The molecule has 0 saturated heterocycles. The van der Waals surface area contributed by atoms with Gasteiger partial charge in [-0.05, 0) is 37.5 Å². The molecule has 2 atom stereocenters. The molecule has 4 nitrogen and oxygen atoms in total. The first kappa shape index (κ1) is 18.9. The van der Waals surface area contributed by atoms with Gasteiger partial charge in [-0.25, -0.2) is 0 Å². The van der Waals surface area contributed by atoms with Gasteiger partial charge in [0.1, 0.15) is 6.10 Å². The Morgan fingerprint density at radius 2 is 1.86 bits per heavy atom. The molecule has 0 saturated carbocycles.